The lowest BCUT2D eigenvalue weighted by Gasteiger charge is -2.24. The Labute approximate surface area is 91.8 Å². The van der Waals surface area contributed by atoms with Crippen LogP contribution < -0.4 is 5.32 Å². The normalized spacial score (nSPS) is 22.3. The van der Waals surface area contributed by atoms with Crippen LogP contribution in [0.5, 0.6) is 0 Å². The van der Waals surface area contributed by atoms with Crippen molar-refractivity contribution in [2.45, 2.75) is 25.3 Å². The van der Waals surface area contributed by atoms with Crippen molar-refractivity contribution in [3.8, 4) is 0 Å². The summed E-state index contributed by atoms with van der Waals surface area (Å²) in [5.41, 5.74) is 1.17. The van der Waals surface area contributed by atoms with Crippen LogP contribution in [-0.2, 0) is 0 Å². The van der Waals surface area contributed by atoms with Crippen LogP contribution in [0, 0.1) is 5.82 Å². The third-order valence-electron chi connectivity index (χ3n) is 2.65. The first-order chi connectivity index (χ1) is 6.77. The molecule has 1 nitrogen and oxygen atoms in total. The van der Waals surface area contributed by atoms with Crippen molar-refractivity contribution < 1.29 is 4.39 Å². The van der Waals surface area contributed by atoms with Gasteiger partial charge in [0, 0.05) is 10.5 Å². The maximum atomic E-state index is 12.9. The molecule has 1 aliphatic rings. The van der Waals surface area contributed by atoms with Crippen molar-refractivity contribution in [3.63, 3.8) is 0 Å². The molecule has 1 heterocycles. The topological polar surface area (TPSA) is 12.0 Å². The maximum Gasteiger partial charge on any atom is 0.124 e. The average molecular weight is 258 g/mol. The Morgan fingerprint density at radius 3 is 2.86 bits per heavy atom. The van der Waals surface area contributed by atoms with E-state index >= 15 is 0 Å². The second-order valence-corrected chi connectivity index (χ2v) is 4.52. The summed E-state index contributed by atoms with van der Waals surface area (Å²) < 4.78 is 13.7. The van der Waals surface area contributed by atoms with Gasteiger partial charge in [0.1, 0.15) is 5.82 Å². The molecular weight excluding hydrogens is 245 g/mol. The molecule has 1 aromatic carbocycles. The molecule has 0 aromatic heterocycles. The highest BCUT2D eigenvalue weighted by molar-refractivity contribution is 9.10. The molecule has 0 aliphatic carbocycles. The average Bonchev–Trinajstić information content (AvgIpc) is 2.19. The van der Waals surface area contributed by atoms with E-state index in [2.05, 4.69) is 21.2 Å². The number of halogens is 2. The Balaban J connectivity index is 2.22. The summed E-state index contributed by atoms with van der Waals surface area (Å²) >= 11 is 3.40. The second kappa shape index (κ2) is 4.41. The summed E-state index contributed by atoms with van der Waals surface area (Å²) in [4.78, 5) is 0. The molecule has 1 atom stereocenters. The van der Waals surface area contributed by atoms with E-state index in [1.165, 1.54) is 30.5 Å². The highest BCUT2D eigenvalue weighted by Gasteiger charge is 2.16. The zero-order valence-corrected chi connectivity index (χ0v) is 9.48. The number of hydrogen-bond donors (Lipinski definition) is 1. The van der Waals surface area contributed by atoms with Crippen molar-refractivity contribution in [2.75, 3.05) is 6.54 Å². The fourth-order valence-corrected chi connectivity index (χ4v) is 2.53. The third kappa shape index (κ3) is 2.15. The molecule has 0 bridgehead atoms. The number of nitrogens with one attached hydrogen (secondary N) is 1. The first-order valence-electron chi connectivity index (χ1n) is 4.96. The van der Waals surface area contributed by atoms with Gasteiger partial charge in [0.15, 0.2) is 0 Å². The van der Waals surface area contributed by atoms with Gasteiger partial charge in [0.2, 0.25) is 0 Å². The molecule has 2 rings (SSSR count). The summed E-state index contributed by atoms with van der Waals surface area (Å²) in [5.74, 6) is -0.184. The zero-order chi connectivity index (χ0) is 9.97. The SMILES string of the molecule is Fc1ccc(C2CCCCN2)c(Br)c1. The molecule has 76 valence electrons. The van der Waals surface area contributed by atoms with Crippen molar-refractivity contribution in [3.05, 3.63) is 34.1 Å². The molecular formula is C11H13BrFN. The molecule has 0 spiro atoms. The highest BCUT2D eigenvalue weighted by Crippen LogP contribution is 2.29. The predicted molar refractivity (Wildman–Crippen MR) is 58.7 cm³/mol. The Morgan fingerprint density at radius 2 is 2.21 bits per heavy atom. The second-order valence-electron chi connectivity index (χ2n) is 3.67. The molecule has 1 saturated heterocycles. The van der Waals surface area contributed by atoms with Gasteiger partial charge in [-0.25, -0.2) is 4.39 Å². The summed E-state index contributed by atoms with van der Waals surface area (Å²) in [7, 11) is 0. The maximum absolute atomic E-state index is 12.9. The lowest BCUT2D eigenvalue weighted by atomic mass is 9.98. The molecule has 0 radical (unpaired) electrons. The van der Waals surface area contributed by atoms with Crippen molar-refractivity contribution in [2.24, 2.45) is 0 Å². The number of hydrogen-bond acceptors (Lipinski definition) is 1. The van der Waals surface area contributed by atoms with Crippen molar-refractivity contribution >= 4 is 15.9 Å². The Morgan fingerprint density at radius 1 is 1.36 bits per heavy atom. The lowest BCUT2D eigenvalue weighted by molar-refractivity contribution is 0.411. The lowest BCUT2D eigenvalue weighted by Crippen LogP contribution is -2.27. The van der Waals surface area contributed by atoms with Gasteiger partial charge in [-0.05, 0) is 37.1 Å². The minimum atomic E-state index is -0.184. The summed E-state index contributed by atoms with van der Waals surface area (Å²) in [6, 6.07) is 5.31. The molecule has 1 unspecified atom stereocenters. The van der Waals surface area contributed by atoms with Crippen LogP contribution in [0.15, 0.2) is 22.7 Å². The van der Waals surface area contributed by atoms with Gasteiger partial charge in [-0.15, -0.1) is 0 Å². The summed E-state index contributed by atoms with van der Waals surface area (Å²) in [5, 5.41) is 3.44. The standard InChI is InChI=1S/C11H13BrFN/c12-10-7-8(13)4-5-9(10)11-3-1-2-6-14-11/h4-5,7,11,14H,1-3,6H2. The predicted octanol–water partition coefficient (Wildman–Crippen LogP) is 3.40. The monoisotopic (exact) mass is 257 g/mol. The molecule has 1 aromatic rings. The minimum absolute atomic E-state index is 0.184. The fourth-order valence-electron chi connectivity index (χ4n) is 1.90. The van der Waals surface area contributed by atoms with Gasteiger partial charge < -0.3 is 5.32 Å². The number of piperidine rings is 1. The van der Waals surface area contributed by atoms with Crippen molar-refractivity contribution in [1.29, 1.82) is 0 Å². The highest BCUT2D eigenvalue weighted by atomic mass is 79.9. The van der Waals surface area contributed by atoms with E-state index in [0.717, 1.165) is 17.4 Å². The van der Waals surface area contributed by atoms with Crippen LogP contribution in [0.4, 0.5) is 4.39 Å². The minimum Gasteiger partial charge on any atom is -0.310 e. The smallest absolute Gasteiger partial charge is 0.124 e. The molecule has 0 amide bonds. The van der Waals surface area contributed by atoms with Crippen LogP contribution in [0.2, 0.25) is 0 Å². The molecule has 1 N–H and O–H groups in total. The first kappa shape index (κ1) is 10.1. The van der Waals surface area contributed by atoms with Gasteiger partial charge in [-0.3, -0.25) is 0 Å². The van der Waals surface area contributed by atoms with E-state index in [-0.39, 0.29) is 5.82 Å². The van der Waals surface area contributed by atoms with E-state index in [9.17, 15) is 4.39 Å². The Hall–Kier alpha value is -0.410. The molecule has 0 saturated carbocycles. The van der Waals surface area contributed by atoms with Gasteiger partial charge in [-0.2, -0.15) is 0 Å². The molecule has 1 aliphatic heterocycles. The molecule has 1 fully saturated rings. The van der Waals surface area contributed by atoms with Gasteiger partial charge in [0.25, 0.3) is 0 Å². The summed E-state index contributed by atoms with van der Waals surface area (Å²) in [6.45, 7) is 1.06. The third-order valence-corrected chi connectivity index (χ3v) is 3.33. The van der Waals surface area contributed by atoms with E-state index in [4.69, 9.17) is 0 Å². The fraction of sp³-hybridized carbons (Fsp3) is 0.455. The van der Waals surface area contributed by atoms with Crippen LogP contribution in [-0.4, -0.2) is 6.54 Å². The van der Waals surface area contributed by atoms with Crippen molar-refractivity contribution in [1.82, 2.24) is 5.32 Å². The van der Waals surface area contributed by atoms with Gasteiger partial charge in [0.05, 0.1) is 0 Å². The number of rotatable bonds is 1. The van der Waals surface area contributed by atoms with E-state index in [1.807, 2.05) is 6.07 Å². The summed E-state index contributed by atoms with van der Waals surface area (Å²) in [6.07, 6.45) is 3.64. The zero-order valence-electron chi connectivity index (χ0n) is 7.89. The van der Waals surface area contributed by atoms with Crippen LogP contribution in [0.1, 0.15) is 30.9 Å². The first-order valence-corrected chi connectivity index (χ1v) is 5.75. The van der Waals surface area contributed by atoms with E-state index in [0.29, 0.717) is 6.04 Å². The van der Waals surface area contributed by atoms with Gasteiger partial charge >= 0.3 is 0 Å². The molecule has 14 heavy (non-hydrogen) atoms. The Kier molecular flexibility index (Phi) is 3.19. The van der Waals surface area contributed by atoms with Gasteiger partial charge in [-0.1, -0.05) is 28.4 Å². The van der Waals surface area contributed by atoms with E-state index < -0.39 is 0 Å². The van der Waals surface area contributed by atoms with Crippen LogP contribution >= 0.6 is 15.9 Å². The Bertz CT molecular complexity index is 321. The van der Waals surface area contributed by atoms with E-state index in [1.54, 1.807) is 0 Å². The van der Waals surface area contributed by atoms with Crippen LogP contribution in [0.25, 0.3) is 0 Å². The van der Waals surface area contributed by atoms with Crippen LogP contribution in [0.3, 0.4) is 0 Å². The largest absolute Gasteiger partial charge is 0.310 e. The number of benzene rings is 1. The molecule has 3 heteroatoms. The quantitative estimate of drug-likeness (QED) is 0.814.